The second-order valence-corrected chi connectivity index (χ2v) is 8.77. The van der Waals surface area contributed by atoms with E-state index in [1.807, 2.05) is 30.3 Å². The number of ether oxygens (including phenoxy) is 2. The summed E-state index contributed by atoms with van der Waals surface area (Å²) in [7, 11) is 0. The molecule has 0 atom stereocenters. The Morgan fingerprint density at radius 2 is 1.58 bits per heavy atom. The fraction of sp³-hybridized carbons (Fsp3) is 0.321. The van der Waals surface area contributed by atoms with Gasteiger partial charge in [-0.05, 0) is 65.9 Å². The molecule has 1 fully saturated rings. The Morgan fingerprint density at radius 3 is 2.39 bits per heavy atom. The average Bonchev–Trinajstić information content (AvgIpc) is 3.36. The molecule has 0 spiro atoms. The SMILES string of the molecule is O=C(Cc1ccc2c(c1)OCCO2)NCc1ccccc1-c1ccc(CN2CCCC2)cc1. The monoisotopic (exact) mass is 442 g/mol. The van der Waals surface area contributed by atoms with Crippen LogP contribution in [0.3, 0.4) is 0 Å². The number of fused-ring (bicyclic) bond motifs is 1. The molecule has 0 aromatic heterocycles. The Morgan fingerprint density at radius 1 is 0.848 bits per heavy atom. The number of hydrogen-bond donors (Lipinski definition) is 1. The minimum Gasteiger partial charge on any atom is -0.486 e. The van der Waals surface area contributed by atoms with Crippen LogP contribution in [-0.2, 0) is 24.3 Å². The Balaban J connectivity index is 1.21. The van der Waals surface area contributed by atoms with Gasteiger partial charge in [0.1, 0.15) is 13.2 Å². The molecule has 0 unspecified atom stereocenters. The van der Waals surface area contributed by atoms with Gasteiger partial charge in [0.25, 0.3) is 0 Å². The fourth-order valence-corrected chi connectivity index (χ4v) is 4.58. The molecular weight excluding hydrogens is 412 g/mol. The topological polar surface area (TPSA) is 50.8 Å². The van der Waals surface area contributed by atoms with Crippen LogP contribution < -0.4 is 14.8 Å². The Hall–Kier alpha value is -3.31. The van der Waals surface area contributed by atoms with Crippen LogP contribution in [-0.4, -0.2) is 37.1 Å². The van der Waals surface area contributed by atoms with Crippen molar-refractivity contribution in [1.82, 2.24) is 10.2 Å². The first-order valence-corrected chi connectivity index (χ1v) is 11.8. The van der Waals surface area contributed by atoms with Crippen LogP contribution in [0.25, 0.3) is 11.1 Å². The van der Waals surface area contributed by atoms with E-state index < -0.39 is 0 Å². The minimum atomic E-state index is -0.0116. The second kappa shape index (κ2) is 10.1. The fourth-order valence-electron chi connectivity index (χ4n) is 4.58. The van der Waals surface area contributed by atoms with Crippen LogP contribution in [0.4, 0.5) is 0 Å². The van der Waals surface area contributed by atoms with Crippen molar-refractivity contribution in [1.29, 1.82) is 0 Å². The van der Waals surface area contributed by atoms with Crippen LogP contribution in [0, 0.1) is 0 Å². The summed E-state index contributed by atoms with van der Waals surface area (Å²) in [5, 5.41) is 3.08. The molecule has 1 amide bonds. The lowest BCUT2D eigenvalue weighted by Crippen LogP contribution is -2.25. The maximum absolute atomic E-state index is 12.6. The molecule has 0 saturated carbocycles. The Kier molecular flexibility index (Phi) is 6.58. The van der Waals surface area contributed by atoms with Gasteiger partial charge in [0.15, 0.2) is 11.5 Å². The highest BCUT2D eigenvalue weighted by atomic mass is 16.6. The summed E-state index contributed by atoms with van der Waals surface area (Å²) in [4.78, 5) is 15.1. The standard InChI is InChI=1S/C28H30N2O3/c31-28(18-22-9-12-26-27(17-22)33-16-15-32-26)29-19-24-5-1-2-6-25(24)23-10-7-21(8-11-23)20-30-13-3-4-14-30/h1-2,5-12,17H,3-4,13-16,18-20H2,(H,29,31). The van der Waals surface area contributed by atoms with E-state index in [0.29, 0.717) is 31.9 Å². The molecule has 2 heterocycles. The highest BCUT2D eigenvalue weighted by molar-refractivity contribution is 5.79. The number of likely N-dealkylation sites (tertiary alicyclic amines) is 1. The molecule has 2 aliphatic heterocycles. The number of hydrogen-bond acceptors (Lipinski definition) is 4. The van der Waals surface area contributed by atoms with Gasteiger partial charge in [-0.1, -0.05) is 54.6 Å². The van der Waals surface area contributed by atoms with Crippen molar-refractivity contribution in [3.8, 4) is 22.6 Å². The van der Waals surface area contributed by atoms with Gasteiger partial charge in [0.05, 0.1) is 6.42 Å². The van der Waals surface area contributed by atoms with E-state index in [4.69, 9.17) is 9.47 Å². The third-order valence-electron chi connectivity index (χ3n) is 6.33. The van der Waals surface area contributed by atoms with Crippen LogP contribution in [0.2, 0.25) is 0 Å². The lowest BCUT2D eigenvalue weighted by atomic mass is 9.98. The zero-order valence-corrected chi connectivity index (χ0v) is 18.9. The highest BCUT2D eigenvalue weighted by Gasteiger charge is 2.14. The smallest absolute Gasteiger partial charge is 0.224 e. The zero-order valence-electron chi connectivity index (χ0n) is 18.9. The van der Waals surface area contributed by atoms with Crippen LogP contribution in [0.5, 0.6) is 11.5 Å². The molecule has 2 aliphatic rings. The third-order valence-corrected chi connectivity index (χ3v) is 6.33. The highest BCUT2D eigenvalue weighted by Crippen LogP contribution is 2.31. The summed E-state index contributed by atoms with van der Waals surface area (Å²) in [6, 6.07) is 22.8. The van der Waals surface area contributed by atoms with Crippen molar-refractivity contribution in [3.63, 3.8) is 0 Å². The number of nitrogens with one attached hydrogen (secondary N) is 1. The van der Waals surface area contributed by atoms with Gasteiger partial charge in [0.2, 0.25) is 5.91 Å². The molecule has 1 N–H and O–H groups in total. The predicted octanol–water partition coefficient (Wildman–Crippen LogP) is 4.58. The molecule has 0 bridgehead atoms. The van der Waals surface area contributed by atoms with Gasteiger partial charge in [0, 0.05) is 13.1 Å². The van der Waals surface area contributed by atoms with Crippen LogP contribution in [0.1, 0.15) is 29.5 Å². The average molecular weight is 443 g/mol. The van der Waals surface area contributed by atoms with E-state index in [-0.39, 0.29) is 5.91 Å². The van der Waals surface area contributed by atoms with Gasteiger partial charge in [-0.2, -0.15) is 0 Å². The first-order chi connectivity index (χ1) is 16.2. The summed E-state index contributed by atoms with van der Waals surface area (Å²) in [5.41, 5.74) is 5.71. The van der Waals surface area contributed by atoms with E-state index in [1.54, 1.807) is 0 Å². The van der Waals surface area contributed by atoms with Crippen molar-refractivity contribution in [3.05, 3.63) is 83.4 Å². The molecule has 3 aromatic rings. The summed E-state index contributed by atoms with van der Waals surface area (Å²) in [6.45, 7) is 5.03. The maximum atomic E-state index is 12.6. The summed E-state index contributed by atoms with van der Waals surface area (Å²) in [6.07, 6.45) is 2.93. The molecular formula is C28H30N2O3. The molecule has 5 heteroatoms. The number of carbonyl (C=O) groups excluding carboxylic acids is 1. The van der Waals surface area contributed by atoms with Crippen molar-refractivity contribution in [2.75, 3.05) is 26.3 Å². The summed E-state index contributed by atoms with van der Waals surface area (Å²) < 4.78 is 11.2. The van der Waals surface area contributed by atoms with E-state index in [2.05, 4.69) is 46.6 Å². The lowest BCUT2D eigenvalue weighted by molar-refractivity contribution is -0.120. The lowest BCUT2D eigenvalue weighted by Gasteiger charge is -2.18. The normalized spacial score (nSPS) is 15.4. The third kappa shape index (κ3) is 5.37. The van der Waals surface area contributed by atoms with E-state index in [1.165, 1.54) is 37.1 Å². The van der Waals surface area contributed by atoms with E-state index >= 15 is 0 Å². The predicted molar refractivity (Wildman–Crippen MR) is 129 cm³/mol. The molecule has 5 nitrogen and oxygen atoms in total. The molecule has 1 saturated heterocycles. The van der Waals surface area contributed by atoms with Crippen LogP contribution >= 0.6 is 0 Å². The quantitative estimate of drug-likeness (QED) is 0.582. The van der Waals surface area contributed by atoms with E-state index in [9.17, 15) is 4.79 Å². The van der Waals surface area contributed by atoms with Gasteiger partial charge in [-0.15, -0.1) is 0 Å². The molecule has 3 aromatic carbocycles. The molecule has 170 valence electrons. The first kappa shape index (κ1) is 21.5. The van der Waals surface area contributed by atoms with Gasteiger partial charge < -0.3 is 14.8 Å². The number of carbonyl (C=O) groups is 1. The van der Waals surface area contributed by atoms with Crippen molar-refractivity contribution >= 4 is 5.91 Å². The molecule has 0 radical (unpaired) electrons. The summed E-state index contributed by atoms with van der Waals surface area (Å²) >= 11 is 0. The van der Waals surface area contributed by atoms with E-state index in [0.717, 1.165) is 29.0 Å². The molecule has 5 rings (SSSR count). The zero-order chi connectivity index (χ0) is 22.5. The van der Waals surface area contributed by atoms with Gasteiger partial charge in [-0.25, -0.2) is 0 Å². The van der Waals surface area contributed by atoms with Crippen molar-refractivity contribution in [2.45, 2.75) is 32.4 Å². The number of rotatable bonds is 7. The van der Waals surface area contributed by atoms with Crippen molar-refractivity contribution in [2.24, 2.45) is 0 Å². The van der Waals surface area contributed by atoms with Gasteiger partial charge >= 0.3 is 0 Å². The maximum Gasteiger partial charge on any atom is 0.224 e. The molecule has 0 aliphatic carbocycles. The number of nitrogens with zero attached hydrogens (tertiary/aromatic N) is 1. The second-order valence-electron chi connectivity index (χ2n) is 8.77. The van der Waals surface area contributed by atoms with Crippen molar-refractivity contribution < 1.29 is 14.3 Å². The number of amides is 1. The Bertz CT molecular complexity index is 1100. The summed E-state index contributed by atoms with van der Waals surface area (Å²) in [5.74, 6) is 1.44. The first-order valence-electron chi connectivity index (χ1n) is 11.8. The molecule has 33 heavy (non-hydrogen) atoms. The number of benzene rings is 3. The minimum absolute atomic E-state index is 0.0116. The van der Waals surface area contributed by atoms with Gasteiger partial charge in [-0.3, -0.25) is 9.69 Å². The Labute approximate surface area is 195 Å². The van der Waals surface area contributed by atoms with Crippen LogP contribution in [0.15, 0.2) is 66.7 Å². The largest absolute Gasteiger partial charge is 0.486 e.